The molecule has 0 atom stereocenters. The highest BCUT2D eigenvalue weighted by atomic mass is 16.4. The summed E-state index contributed by atoms with van der Waals surface area (Å²) in [6.07, 6.45) is 0.612. The summed E-state index contributed by atoms with van der Waals surface area (Å²) in [5.74, 6) is -0.974. The number of aliphatic carboxylic acids is 1. The van der Waals surface area contributed by atoms with Gasteiger partial charge in [0, 0.05) is 30.8 Å². The van der Waals surface area contributed by atoms with Crippen LogP contribution in [-0.4, -0.2) is 34.0 Å². The van der Waals surface area contributed by atoms with E-state index in [1.54, 1.807) is 6.07 Å². The zero-order chi connectivity index (χ0) is 12.4. The van der Waals surface area contributed by atoms with Gasteiger partial charge in [0.25, 0.3) is 5.56 Å². The number of nitrogens with one attached hydrogen (secondary N) is 1. The molecule has 0 aromatic carbocycles. The lowest BCUT2D eigenvalue weighted by Crippen LogP contribution is -2.33. The molecule has 17 heavy (non-hydrogen) atoms. The van der Waals surface area contributed by atoms with Crippen molar-refractivity contribution in [3.05, 3.63) is 33.2 Å². The van der Waals surface area contributed by atoms with Crippen LogP contribution < -0.4 is 5.56 Å². The van der Waals surface area contributed by atoms with E-state index in [1.165, 1.54) is 0 Å². The Morgan fingerprint density at radius 2 is 2.35 bits per heavy atom. The number of carboxylic acids is 1. The molecule has 0 fully saturated rings. The van der Waals surface area contributed by atoms with Gasteiger partial charge in [0.05, 0.1) is 6.42 Å². The Morgan fingerprint density at radius 3 is 3.00 bits per heavy atom. The highest BCUT2D eigenvalue weighted by molar-refractivity contribution is 5.70. The quantitative estimate of drug-likeness (QED) is 0.795. The van der Waals surface area contributed by atoms with Gasteiger partial charge in [-0.1, -0.05) is 6.92 Å². The van der Waals surface area contributed by atoms with Crippen LogP contribution in [0.15, 0.2) is 10.9 Å². The predicted octanol–water partition coefficient (Wildman–Crippen LogP) is 0.380. The molecule has 0 aliphatic carbocycles. The molecule has 1 aromatic rings. The number of hydrogen-bond acceptors (Lipinski definition) is 3. The molecular weight excluding hydrogens is 220 g/mol. The van der Waals surface area contributed by atoms with Crippen LogP contribution in [0.2, 0.25) is 0 Å². The Bertz CT molecular complexity index is 493. The first-order chi connectivity index (χ1) is 8.10. The molecule has 1 aliphatic rings. The van der Waals surface area contributed by atoms with Crippen molar-refractivity contribution in [2.75, 3.05) is 13.1 Å². The molecule has 2 rings (SSSR count). The average Bonchev–Trinajstić information content (AvgIpc) is 2.29. The molecule has 0 radical (unpaired) electrons. The summed E-state index contributed by atoms with van der Waals surface area (Å²) in [5, 5.41) is 8.73. The molecule has 2 N–H and O–H groups in total. The third kappa shape index (κ3) is 2.55. The monoisotopic (exact) mass is 236 g/mol. The van der Waals surface area contributed by atoms with Gasteiger partial charge in [-0.05, 0) is 18.2 Å². The van der Waals surface area contributed by atoms with Crippen LogP contribution in [0, 0.1) is 0 Å². The number of carbonyl (C=O) groups is 1. The highest BCUT2D eigenvalue weighted by Gasteiger charge is 2.17. The van der Waals surface area contributed by atoms with Gasteiger partial charge in [0.15, 0.2) is 0 Å². The predicted molar refractivity (Wildman–Crippen MR) is 63.1 cm³/mol. The van der Waals surface area contributed by atoms with Crippen molar-refractivity contribution in [1.82, 2.24) is 9.88 Å². The number of aromatic amines is 1. The third-order valence-corrected chi connectivity index (χ3v) is 3.15. The lowest BCUT2D eigenvalue weighted by atomic mass is 10.0. The van der Waals surface area contributed by atoms with Crippen LogP contribution >= 0.6 is 0 Å². The van der Waals surface area contributed by atoms with Crippen molar-refractivity contribution in [3.8, 4) is 0 Å². The van der Waals surface area contributed by atoms with E-state index in [0.717, 1.165) is 37.3 Å². The van der Waals surface area contributed by atoms with Gasteiger partial charge in [-0.2, -0.15) is 0 Å². The molecule has 0 saturated heterocycles. The number of H-pyrrole nitrogens is 1. The first-order valence-corrected chi connectivity index (χ1v) is 5.78. The van der Waals surface area contributed by atoms with Gasteiger partial charge in [0.1, 0.15) is 0 Å². The fourth-order valence-electron chi connectivity index (χ4n) is 2.18. The Balaban J connectivity index is 2.33. The van der Waals surface area contributed by atoms with E-state index < -0.39 is 5.97 Å². The minimum absolute atomic E-state index is 0.214. The Labute approximate surface area is 99.1 Å². The van der Waals surface area contributed by atoms with Crippen LogP contribution in [0.5, 0.6) is 0 Å². The molecule has 0 bridgehead atoms. The Morgan fingerprint density at radius 1 is 1.59 bits per heavy atom. The number of nitrogens with zero attached hydrogens (tertiary/aromatic N) is 1. The van der Waals surface area contributed by atoms with Crippen LogP contribution in [0.25, 0.3) is 0 Å². The van der Waals surface area contributed by atoms with Gasteiger partial charge >= 0.3 is 5.97 Å². The topological polar surface area (TPSA) is 73.4 Å². The summed E-state index contributed by atoms with van der Waals surface area (Å²) in [7, 11) is 0. The SMILES string of the molecule is CCN1CCc2[nH]c(=O)c(CC(=O)O)cc2C1. The smallest absolute Gasteiger partial charge is 0.308 e. The van der Waals surface area contributed by atoms with Crippen molar-refractivity contribution < 1.29 is 9.90 Å². The van der Waals surface area contributed by atoms with E-state index in [9.17, 15) is 9.59 Å². The Hall–Kier alpha value is -1.62. The second-order valence-corrected chi connectivity index (χ2v) is 4.32. The maximum absolute atomic E-state index is 11.6. The molecule has 0 spiro atoms. The summed E-state index contributed by atoms with van der Waals surface area (Å²) >= 11 is 0. The van der Waals surface area contributed by atoms with Crippen LogP contribution in [-0.2, 0) is 24.2 Å². The minimum Gasteiger partial charge on any atom is -0.481 e. The number of hydrogen-bond donors (Lipinski definition) is 2. The number of aromatic nitrogens is 1. The summed E-state index contributed by atoms with van der Waals surface area (Å²) in [6, 6.07) is 1.74. The summed E-state index contributed by atoms with van der Waals surface area (Å²) in [4.78, 5) is 27.4. The lowest BCUT2D eigenvalue weighted by molar-refractivity contribution is -0.136. The molecule has 5 nitrogen and oxygen atoms in total. The van der Waals surface area contributed by atoms with Crippen molar-refractivity contribution >= 4 is 5.97 Å². The third-order valence-electron chi connectivity index (χ3n) is 3.15. The first kappa shape index (κ1) is 11.9. The molecule has 2 heterocycles. The van der Waals surface area contributed by atoms with Gasteiger partial charge in [-0.25, -0.2) is 0 Å². The zero-order valence-electron chi connectivity index (χ0n) is 9.82. The van der Waals surface area contributed by atoms with Gasteiger partial charge in [-0.15, -0.1) is 0 Å². The van der Waals surface area contributed by atoms with Crippen molar-refractivity contribution in [1.29, 1.82) is 0 Å². The second kappa shape index (κ2) is 4.71. The van der Waals surface area contributed by atoms with E-state index >= 15 is 0 Å². The zero-order valence-corrected chi connectivity index (χ0v) is 9.82. The molecule has 0 saturated carbocycles. The Kier molecular flexibility index (Phi) is 3.28. The number of fused-ring (bicyclic) bond motifs is 1. The van der Waals surface area contributed by atoms with Crippen LogP contribution in [0.1, 0.15) is 23.7 Å². The second-order valence-electron chi connectivity index (χ2n) is 4.32. The maximum atomic E-state index is 11.6. The molecule has 1 aliphatic heterocycles. The van der Waals surface area contributed by atoms with Crippen LogP contribution in [0.3, 0.4) is 0 Å². The number of carboxylic acid groups (broad SMARTS) is 1. The van der Waals surface area contributed by atoms with Crippen LogP contribution in [0.4, 0.5) is 0 Å². The summed E-state index contributed by atoms with van der Waals surface area (Å²) in [5.41, 5.74) is 2.08. The van der Waals surface area contributed by atoms with E-state index in [0.29, 0.717) is 5.56 Å². The van der Waals surface area contributed by atoms with Gasteiger partial charge in [0.2, 0.25) is 0 Å². The molecule has 0 unspecified atom stereocenters. The van der Waals surface area contributed by atoms with E-state index in [-0.39, 0.29) is 12.0 Å². The molecular formula is C12H16N2O3. The van der Waals surface area contributed by atoms with Gasteiger partial charge in [-0.3, -0.25) is 14.5 Å². The lowest BCUT2D eigenvalue weighted by Gasteiger charge is -2.27. The number of rotatable bonds is 3. The average molecular weight is 236 g/mol. The minimum atomic E-state index is -0.974. The summed E-state index contributed by atoms with van der Waals surface area (Å²) < 4.78 is 0. The fourth-order valence-corrected chi connectivity index (χ4v) is 2.18. The fraction of sp³-hybridized carbons (Fsp3) is 0.500. The molecule has 92 valence electrons. The van der Waals surface area contributed by atoms with E-state index in [2.05, 4.69) is 16.8 Å². The standard InChI is InChI=1S/C12H16N2O3/c1-2-14-4-3-10-9(7-14)5-8(6-11(15)16)12(17)13-10/h5H,2-4,6-7H2,1H3,(H,13,17)(H,15,16). The number of likely N-dealkylation sites (N-methyl/N-ethyl adjacent to an activating group) is 1. The first-order valence-electron chi connectivity index (χ1n) is 5.78. The normalized spacial score (nSPS) is 15.6. The maximum Gasteiger partial charge on any atom is 0.308 e. The summed E-state index contributed by atoms with van der Waals surface area (Å²) in [6.45, 7) is 4.79. The number of pyridine rings is 1. The van der Waals surface area contributed by atoms with E-state index in [1.807, 2.05) is 0 Å². The largest absolute Gasteiger partial charge is 0.481 e. The van der Waals surface area contributed by atoms with E-state index in [4.69, 9.17) is 5.11 Å². The van der Waals surface area contributed by atoms with Gasteiger partial charge < -0.3 is 10.1 Å². The molecule has 0 amide bonds. The van der Waals surface area contributed by atoms with Crippen molar-refractivity contribution in [3.63, 3.8) is 0 Å². The highest BCUT2D eigenvalue weighted by Crippen LogP contribution is 2.16. The van der Waals surface area contributed by atoms with Crippen molar-refractivity contribution in [2.24, 2.45) is 0 Å². The molecule has 1 aromatic heterocycles. The molecule has 5 heteroatoms. The van der Waals surface area contributed by atoms with Crippen molar-refractivity contribution in [2.45, 2.75) is 26.3 Å².